The smallest absolute Gasteiger partial charge is 0.336 e. The molecule has 1 aliphatic heterocycles. The predicted octanol–water partition coefficient (Wildman–Crippen LogP) is -2.08. The van der Waals surface area contributed by atoms with Gasteiger partial charge in [-0.3, -0.25) is 0 Å². The van der Waals surface area contributed by atoms with Crippen molar-refractivity contribution in [3.63, 3.8) is 0 Å². The van der Waals surface area contributed by atoms with Crippen LogP contribution in [-0.2, 0) is 0 Å². The fourth-order valence-corrected chi connectivity index (χ4v) is 0.879. The Morgan fingerprint density at radius 1 is 1.62 bits per heavy atom. The van der Waals surface area contributed by atoms with E-state index in [0.29, 0.717) is 0 Å². The van der Waals surface area contributed by atoms with Crippen molar-refractivity contribution < 1.29 is 58.2 Å². The van der Waals surface area contributed by atoms with Gasteiger partial charge >= 0.3 is 58.2 Å². The predicted molar refractivity (Wildman–Crippen MR) is 31.0 cm³/mol. The summed E-state index contributed by atoms with van der Waals surface area (Å²) in [5.74, 6) is 0. The quantitative estimate of drug-likeness (QED) is 0.390. The summed E-state index contributed by atoms with van der Waals surface area (Å²) in [5.41, 5.74) is 0. The average molecular weight is 184 g/mol. The molecule has 1 heterocycles. The van der Waals surface area contributed by atoms with Crippen molar-refractivity contribution in [2.75, 3.05) is 13.6 Å². The molecule has 1 nitrogen and oxygen atoms in total. The van der Waals surface area contributed by atoms with E-state index in [9.17, 15) is 0 Å². The number of nitrogens with zero attached hydrogens (tertiary/aromatic N) is 1. The first-order valence-corrected chi connectivity index (χ1v) is 2.82. The molecule has 1 rings (SSSR count). The number of hydrogen-bond donors (Lipinski definition) is 0. The molecule has 1 atom stereocenters. The van der Waals surface area contributed by atoms with Gasteiger partial charge in [0.05, 0.1) is 0 Å². The van der Waals surface area contributed by atoms with E-state index in [2.05, 4.69) is 25.3 Å². The number of likely N-dealkylation sites (tertiary alicyclic amines) is 1. The van der Waals surface area contributed by atoms with E-state index < -0.39 is 0 Å². The molecule has 0 saturated carbocycles. The minimum absolute atomic E-state index is 0. The molecule has 0 aliphatic carbocycles. The van der Waals surface area contributed by atoms with Crippen molar-refractivity contribution in [3.8, 4) is 0 Å². The molecule has 2 heteroatoms. The van der Waals surface area contributed by atoms with Crippen LogP contribution in [-0.4, -0.2) is 24.5 Å². The number of rotatable bonds is 0. The first-order chi connectivity index (χ1) is 3.30. The minimum Gasteiger partial charge on any atom is -0.336 e. The van der Waals surface area contributed by atoms with Crippen molar-refractivity contribution in [2.24, 2.45) is 0 Å². The molecule has 1 fully saturated rings. The zero-order valence-corrected chi connectivity index (χ0v) is 10.9. The summed E-state index contributed by atoms with van der Waals surface area (Å²) in [7, 11) is 2.16. The first kappa shape index (κ1) is 9.77. The molecule has 0 radical (unpaired) electrons. The fourth-order valence-electron chi connectivity index (χ4n) is 0.879. The van der Waals surface area contributed by atoms with Gasteiger partial charge in [0.2, 0.25) is 0 Å². The van der Waals surface area contributed by atoms with Gasteiger partial charge in [-0.15, -0.1) is 6.54 Å². The van der Waals surface area contributed by atoms with Crippen LogP contribution < -0.4 is 58.2 Å². The molecule has 0 unspecified atom stereocenters. The van der Waals surface area contributed by atoms with Crippen LogP contribution in [0.25, 0.3) is 0 Å². The van der Waals surface area contributed by atoms with Gasteiger partial charge in [-0.2, -0.15) is 6.42 Å². The van der Waals surface area contributed by atoms with Gasteiger partial charge in [0.15, 0.2) is 0 Å². The van der Waals surface area contributed by atoms with Crippen LogP contribution in [0.3, 0.4) is 0 Å². The van der Waals surface area contributed by atoms with Crippen molar-refractivity contribution in [2.45, 2.75) is 19.4 Å². The normalized spacial score (nSPS) is 30.0. The van der Waals surface area contributed by atoms with E-state index in [0.717, 1.165) is 6.04 Å². The SMILES string of the molecule is C[C@@H]1C[CH-]CN1C.[Rb+]. The third-order valence-electron chi connectivity index (χ3n) is 1.68. The molecule has 42 valence electrons. The summed E-state index contributed by atoms with van der Waals surface area (Å²) in [6.07, 6.45) is 3.60. The van der Waals surface area contributed by atoms with Crippen LogP contribution in [0.2, 0.25) is 0 Å². The van der Waals surface area contributed by atoms with Gasteiger partial charge in [-0.05, 0) is 13.1 Å². The summed E-state index contributed by atoms with van der Waals surface area (Å²) in [5, 5.41) is 0. The maximum Gasteiger partial charge on any atom is 1.00 e. The average Bonchev–Trinajstić information content (AvgIpc) is 1.91. The first-order valence-electron chi connectivity index (χ1n) is 2.82. The summed E-state index contributed by atoms with van der Waals surface area (Å²) < 4.78 is 0. The summed E-state index contributed by atoms with van der Waals surface area (Å²) in [6.45, 7) is 3.44. The Bertz CT molecular complexity index is 57.5. The maximum absolute atomic E-state index is 2.35. The molecule has 1 saturated heterocycles. The molecule has 8 heavy (non-hydrogen) atoms. The Kier molecular flexibility index (Phi) is 5.57. The summed E-state index contributed by atoms with van der Waals surface area (Å²) in [4.78, 5) is 2.35. The van der Waals surface area contributed by atoms with Crippen molar-refractivity contribution in [1.82, 2.24) is 4.90 Å². The van der Waals surface area contributed by atoms with Gasteiger partial charge in [0, 0.05) is 0 Å². The molecule has 0 aromatic rings. The minimum atomic E-state index is 0. The Balaban J connectivity index is 0.000000490. The van der Waals surface area contributed by atoms with E-state index in [1.54, 1.807) is 0 Å². The van der Waals surface area contributed by atoms with Crippen LogP contribution in [0.15, 0.2) is 0 Å². The van der Waals surface area contributed by atoms with Gasteiger partial charge in [0.25, 0.3) is 0 Å². The molecule has 0 spiro atoms. The molecule has 0 aromatic carbocycles. The van der Waals surface area contributed by atoms with E-state index in [1.807, 2.05) is 0 Å². The third-order valence-corrected chi connectivity index (χ3v) is 1.68. The van der Waals surface area contributed by atoms with E-state index >= 15 is 0 Å². The Morgan fingerprint density at radius 2 is 2.25 bits per heavy atom. The second kappa shape index (κ2) is 4.56. The van der Waals surface area contributed by atoms with Crippen molar-refractivity contribution in [3.05, 3.63) is 6.42 Å². The van der Waals surface area contributed by atoms with E-state index in [-0.39, 0.29) is 58.2 Å². The monoisotopic (exact) mass is 183 g/mol. The summed E-state index contributed by atoms with van der Waals surface area (Å²) in [6, 6.07) is 0.792. The maximum atomic E-state index is 2.35. The Hall–Kier alpha value is 1.77. The molecule has 0 aromatic heterocycles. The van der Waals surface area contributed by atoms with Crippen molar-refractivity contribution >= 4 is 0 Å². The van der Waals surface area contributed by atoms with Crippen LogP contribution in [0.5, 0.6) is 0 Å². The van der Waals surface area contributed by atoms with Gasteiger partial charge in [0.1, 0.15) is 0 Å². The number of hydrogen-bond acceptors (Lipinski definition) is 1. The largest absolute Gasteiger partial charge is 1.00 e. The van der Waals surface area contributed by atoms with Crippen molar-refractivity contribution in [1.29, 1.82) is 0 Å². The van der Waals surface area contributed by atoms with Crippen LogP contribution in [0.4, 0.5) is 0 Å². The van der Waals surface area contributed by atoms with Gasteiger partial charge in [-0.1, -0.05) is 6.92 Å². The molecule has 0 N–H and O–H groups in total. The molecule has 0 amide bonds. The summed E-state index contributed by atoms with van der Waals surface area (Å²) >= 11 is 0. The fraction of sp³-hybridized carbons (Fsp3) is 0.833. The van der Waals surface area contributed by atoms with E-state index in [4.69, 9.17) is 0 Å². The second-order valence-electron chi connectivity index (χ2n) is 2.31. The molecular formula is C6H12NRb. The molecule has 0 bridgehead atoms. The zero-order valence-electron chi connectivity index (χ0n) is 6.02. The van der Waals surface area contributed by atoms with Gasteiger partial charge < -0.3 is 11.3 Å². The Morgan fingerprint density at radius 3 is 2.38 bits per heavy atom. The molecule has 1 aliphatic rings. The Labute approximate surface area is 101 Å². The van der Waals surface area contributed by atoms with Crippen LogP contribution >= 0.6 is 0 Å². The van der Waals surface area contributed by atoms with Crippen LogP contribution in [0, 0.1) is 6.42 Å². The molecular weight excluding hydrogens is 172 g/mol. The van der Waals surface area contributed by atoms with E-state index in [1.165, 1.54) is 13.0 Å². The zero-order chi connectivity index (χ0) is 5.28. The topological polar surface area (TPSA) is 3.24 Å². The van der Waals surface area contributed by atoms with Crippen LogP contribution in [0.1, 0.15) is 13.3 Å². The second-order valence-corrected chi connectivity index (χ2v) is 2.31. The van der Waals surface area contributed by atoms with Gasteiger partial charge in [-0.25, -0.2) is 0 Å². The third kappa shape index (κ3) is 2.57. The standard InChI is InChI=1S/C6H12N.Rb/c1-6-4-3-5-7(6)2;/h3,6H,4-5H2,1-2H3;/q-1;+1/t6-;/m1./s1.